The van der Waals surface area contributed by atoms with Crippen LogP contribution in [0.2, 0.25) is 0 Å². The zero-order valence-electron chi connectivity index (χ0n) is 4.26. The molecule has 38 valence electrons. The molecule has 0 spiro atoms. The number of rotatable bonds is 1. The van der Waals surface area contributed by atoms with E-state index in [0.29, 0.717) is 0 Å². The Morgan fingerprint density at radius 2 is 1.67 bits per heavy atom. The molecular formula is C3H9NOS. The smallest absolute Gasteiger partial charge is 0.0905 e. The van der Waals surface area contributed by atoms with Gasteiger partial charge in [-0.3, -0.25) is 0 Å². The van der Waals surface area contributed by atoms with Crippen LogP contribution in [0.4, 0.5) is 0 Å². The summed E-state index contributed by atoms with van der Waals surface area (Å²) in [6.07, 6.45) is 1.64. The molecule has 0 amide bonds. The van der Waals surface area contributed by atoms with Crippen LogP contribution in [-0.4, -0.2) is 28.9 Å². The lowest BCUT2D eigenvalue weighted by atomic mass is 11.3. The molecule has 0 bridgehead atoms. The fourth-order valence-corrected chi connectivity index (χ4v) is 0. The minimum absolute atomic E-state index is 0.784. The Balaban J connectivity index is 3.26. The molecule has 0 aromatic heterocycles. The van der Waals surface area contributed by atoms with E-state index in [-0.39, 0.29) is 0 Å². The molecule has 0 N–H and O–H groups in total. The highest BCUT2D eigenvalue weighted by Crippen LogP contribution is 1.74. The maximum absolute atomic E-state index is 10.2. The van der Waals surface area contributed by atoms with Gasteiger partial charge in [0, 0.05) is 6.26 Å². The van der Waals surface area contributed by atoms with E-state index >= 15 is 0 Å². The van der Waals surface area contributed by atoms with Gasteiger partial charge in [-0.2, -0.15) is 0 Å². The van der Waals surface area contributed by atoms with E-state index in [1.54, 1.807) is 24.7 Å². The fraction of sp³-hybridized carbons (Fsp3) is 1.00. The Morgan fingerprint density at radius 3 is 1.67 bits per heavy atom. The molecule has 0 radical (unpaired) electrons. The third-order valence-corrected chi connectivity index (χ3v) is 1.54. The van der Waals surface area contributed by atoms with Crippen molar-refractivity contribution in [1.82, 2.24) is 4.31 Å². The first-order chi connectivity index (χ1) is 2.64. The first-order valence-corrected chi connectivity index (χ1v) is 3.17. The molecule has 6 heavy (non-hydrogen) atoms. The SMILES string of the molecule is CN(C)S(C)=O. The third kappa shape index (κ3) is 2.35. The summed E-state index contributed by atoms with van der Waals surface area (Å²) in [5, 5.41) is 0. The zero-order valence-corrected chi connectivity index (χ0v) is 5.08. The van der Waals surface area contributed by atoms with Crippen molar-refractivity contribution in [2.75, 3.05) is 20.4 Å². The molecule has 0 aromatic rings. The predicted octanol–water partition coefficient (Wildman–Crippen LogP) is -0.158. The average Bonchev–Trinajstić information content (AvgIpc) is 1.36. The van der Waals surface area contributed by atoms with Gasteiger partial charge in [0.25, 0.3) is 0 Å². The number of nitrogens with zero attached hydrogens (tertiary/aromatic N) is 1. The molecule has 0 saturated carbocycles. The first-order valence-electron chi connectivity index (χ1n) is 1.65. The van der Waals surface area contributed by atoms with Crippen LogP contribution in [0.5, 0.6) is 0 Å². The Labute approximate surface area is 40.7 Å². The van der Waals surface area contributed by atoms with Gasteiger partial charge in [-0.15, -0.1) is 0 Å². The standard InChI is InChI=1S/C3H9NOS/c1-4(2)6(3)5/h1-3H3. The van der Waals surface area contributed by atoms with Crippen LogP contribution in [0.1, 0.15) is 0 Å². The molecule has 0 rings (SSSR count). The minimum atomic E-state index is -0.784. The summed E-state index contributed by atoms with van der Waals surface area (Å²) < 4.78 is 11.8. The van der Waals surface area contributed by atoms with Gasteiger partial charge < -0.3 is 0 Å². The predicted molar refractivity (Wildman–Crippen MR) is 27.8 cm³/mol. The van der Waals surface area contributed by atoms with E-state index in [0.717, 1.165) is 0 Å². The lowest BCUT2D eigenvalue weighted by molar-refractivity contribution is 0.608. The van der Waals surface area contributed by atoms with Crippen molar-refractivity contribution in [1.29, 1.82) is 0 Å². The minimum Gasteiger partial charge on any atom is -0.243 e. The summed E-state index contributed by atoms with van der Waals surface area (Å²) in [5.41, 5.74) is 0. The van der Waals surface area contributed by atoms with E-state index in [1.807, 2.05) is 0 Å². The molecule has 0 aliphatic rings. The molecule has 0 aromatic carbocycles. The van der Waals surface area contributed by atoms with Crippen LogP contribution in [0.25, 0.3) is 0 Å². The summed E-state index contributed by atoms with van der Waals surface area (Å²) in [6.45, 7) is 0. The lowest BCUT2D eigenvalue weighted by Gasteiger charge is -2.00. The average molecular weight is 107 g/mol. The van der Waals surface area contributed by atoms with E-state index in [2.05, 4.69) is 0 Å². The second kappa shape index (κ2) is 2.31. The molecular weight excluding hydrogens is 98.1 g/mol. The van der Waals surface area contributed by atoms with Crippen LogP contribution >= 0.6 is 0 Å². The number of hydrogen-bond acceptors (Lipinski definition) is 1. The molecule has 1 unspecified atom stereocenters. The van der Waals surface area contributed by atoms with Crippen molar-refractivity contribution in [3.63, 3.8) is 0 Å². The van der Waals surface area contributed by atoms with Crippen LogP contribution in [-0.2, 0) is 11.0 Å². The fourth-order valence-electron chi connectivity index (χ4n) is 0. The zero-order chi connectivity index (χ0) is 5.15. The van der Waals surface area contributed by atoms with Gasteiger partial charge in [0.05, 0.1) is 11.0 Å². The van der Waals surface area contributed by atoms with Gasteiger partial charge in [0.1, 0.15) is 0 Å². The molecule has 0 aliphatic heterocycles. The van der Waals surface area contributed by atoms with Crippen molar-refractivity contribution in [3.05, 3.63) is 0 Å². The van der Waals surface area contributed by atoms with Crippen molar-refractivity contribution >= 4 is 11.0 Å². The van der Waals surface area contributed by atoms with Crippen LogP contribution in [0.3, 0.4) is 0 Å². The molecule has 0 aliphatic carbocycles. The summed E-state index contributed by atoms with van der Waals surface area (Å²) in [4.78, 5) is 0. The summed E-state index contributed by atoms with van der Waals surface area (Å²) >= 11 is 0. The Morgan fingerprint density at radius 1 is 1.50 bits per heavy atom. The molecule has 1 atom stereocenters. The summed E-state index contributed by atoms with van der Waals surface area (Å²) in [5.74, 6) is 0. The Kier molecular flexibility index (Phi) is 2.35. The van der Waals surface area contributed by atoms with Crippen molar-refractivity contribution in [3.8, 4) is 0 Å². The van der Waals surface area contributed by atoms with E-state index < -0.39 is 11.0 Å². The quantitative estimate of drug-likeness (QED) is 0.456. The van der Waals surface area contributed by atoms with Gasteiger partial charge in [-0.25, -0.2) is 8.51 Å². The highest BCUT2D eigenvalue weighted by Gasteiger charge is 1.86. The summed E-state index contributed by atoms with van der Waals surface area (Å²) in [7, 11) is 2.76. The second-order valence-corrected chi connectivity index (χ2v) is 2.81. The molecule has 2 nitrogen and oxygen atoms in total. The summed E-state index contributed by atoms with van der Waals surface area (Å²) in [6, 6.07) is 0. The van der Waals surface area contributed by atoms with Gasteiger partial charge >= 0.3 is 0 Å². The Bertz CT molecular complexity index is 61.8. The third-order valence-electron chi connectivity index (χ3n) is 0.514. The normalized spacial score (nSPS) is 15.3. The lowest BCUT2D eigenvalue weighted by Crippen LogP contribution is -2.12. The van der Waals surface area contributed by atoms with Crippen molar-refractivity contribution in [2.45, 2.75) is 0 Å². The largest absolute Gasteiger partial charge is 0.243 e. The molecule has 3 heteroatoms. The second-order valence-electron chi connectivity index (χ2n) is 1.24. The maximum atomic E-state index is 10.2. The van der Waals surface area contributed by atoms with Gasteiger partial charge in [-0.05, 0) is 14.1 Å². The highest BCUT2D eigenvalue weighted by atomic mass is 32.2. The topological polar surface area (TPSA) is 20.3 Å². The van der Waals surface area contributed by atoms with Crippen molar-refractivity contribution in [2.24, 2.45) is 0 Å². The van der Waals surface area contributed by atoms with Crippen LogP contribution in [0.15, 0.2) is 0 Å². The van der Waals surface area contributed by atoms with Gasteiger partial charge in [0.15, 0.2) is 0 Å². The first kappa shape index (κ1) is 6.11. The number of hydrogen-bond donors (Lipinski definition) is 0. The van der Waals surface area contributed by atoms with E-state index in [1.165, 1.54) is 0 Å². The van der Waals surface area contributed by atoms with E-state index in [4.69, 9.17) is 0 Å². The molecule has 0 saturated heterocycles. The van der Waals surface area contributed by atoms with E-state index in [9.17, 15) is 4.21 Å². The van der Waals surface area contributed by atoms with Gasteiger partial charge in [-0.1, -0.05) is 0 Å². The monoisotopic (exact) mass is 107 g/mol. The highest BCUT2D eigenvalue weighted by molar-refractivity contribution is 7.81. The van der Waals surface area contributed by atoms with Gasteiger partial charge in [0.2, 0.25) is 0 Å². The van der Waals surface area contributed by atoms with Crippen LogP contribution < -0.4 is 0 Å². The van der Waals surface area contributed by atoms with Crippen LogP contribution in [0, 0.1) is 0 Å². The maximum Gasteiger partial charge on any atom is 0.0905 e. The molecule has 0 fully saturated rings. The van der Waals surface area contributed by atoms with Crippen molar-refractivity contribution < 1.29 is 4.21 Å². The molecule has 0 heterocycles. The Hall–Kier alpha value is 0.110.